The number of methoxy groups -OCH3 is 2. The maximum Gasteiger partial charge on any atom is 0.339 e. The van der Waals surface area contributed by atoms with Gasteiger partial charge in [0.2, 0.25) is 0 Å². The number of benzene rings is 2. The topological polar surface area (TPSA) is 73.9 Å². The molecule has 0 aromatic heterocycles. The van der Waals surface area contributed by atoms with E-state index in [1.807, 2.05) is 37.3 Å². The first-order valence-electron chi connectivity index (χ1n) is 8.71. The van der Waals surface area contributed by atoms with Crippen molar-refractivity contribution in [1.29, 1.82) is 0 Å². The van der Waals surface area contributed by atoms with Crippen LogP contribution < -0.4 is 14.8 Å². The number of nitrogens with one attached hydrogen (secondary N) is 1. The van der Waals surface area contributed by atoms with Crippen molar-refractivity contribution in [2.75, 3.05) is 20.8 Å². The quantitative estimate of drug-likeness (QED) is 0.722. The zero-order valence-electron chi connectivity index (χ0n) is 16.0. The second-order valence-electron chi connectivity index (χ2n) is 6.21. The monoisotopic (exact) mass is 371 g/mol. The Morgan fingerprint density at radius 2 is 1.56 bits per heavy atom. The van der Waals surface area contributed by atoms with Crippen LogP contribution in [-0.4, -0.2) is 38.7 Å². The van der Waals surface area contributed by atoms with Crippen molar-refractivity contribution in [1.82, 2.24) is 5.32 Å². The zero-order valence-corrected chi connectivity index (χ0v) is 16.0. The summed E-state index contributed by atoms with van der Waals surface area (Å²) >= 11 is 0. The van der Waals surface area contributed by atoms with Crippen molar-refractivity contribution in [3.8, 4) is 11.5 Å². The maximum atomic E-state index is 12.3. The molecule has 0 saturated carbocycles. The number of hydrogen-bond acceptors (Lipinski definition) is 5. The summed E-state index contributed by atoms with van der Waals surface area (Å²) in [6, 6.07) is 14.6. The molecule has 1 N–H and O–H groups in total. The summed E-state index contributed by atoms with van der Waals surface area (Å²) < 4.78 is 15.6. The molecule has 6 nitrogen and oxygen atoms in total. The molecule has 0 aliphatic carbocycles. The number of esters is 1. The molecule has 6 heteroatoms. The van der Waals surface area contributed by atoms with Gasteiger partial charge in [0.05, 0.1) is 19.8 Å². The number of hydrogen-bond donors (Lipinski definition) is 1. The number of ether oxygens (including phenoxy) is 3. The Hall–Kier alpha value is -3.02. The van der Waals surface area contributed by atoms with Gasteiger partial charge >= 0.3 is 5.97 Å². The molecule has 2 atom stereocenters. The van der Waals surface area contributed by atoms with E-state index in [1.165, 1.54) is 33.3 Å². The third-order valence-corrected chi connectivity index (χ3v) is 4.19. The molecule has 2 rings (SSSR count). The van der Waals surface area contributed by atoms with E-state index in [4.69, 9.17) is 14.2 Å². The highest BCUT2D eigenvalue weighted by Gasteiger charge is 2.20. The Morgan fingerprint density at radius 3 is 2.11 bits per heavy atom. The lowest BCUT2D eigenvalue weighted by Gasteiger charge is -2.17. The van der Waals surface area contributed by atoms with Crippen LogP contribution in [0.5, 0.6) is 11.5 Å². The summed E-state index contributed by atoms with van der Waals surface area (Å²) in [6.07, 6.45) is -0.919. The molecule has 0 spiro atoms. The van der Waals surface area contributed by atoms with Crippen molar-refractivity contribution < 1.29 is 23.8 Å². The minimum absolute atomic E-state index is 0.153. The van der Waals surface area contributed by atoms with Crippen LogP contribution >= 0.6 is 0 Å². The van der Waals surface area contributed by atoms with E-state index in [9.17, 15) is 9.59 Å². The second kappa shape index (κ2) is 9.62. The average molecular weight is 371 g/mol. The maximum absolute atomic E-state index is 12.3. The van der Waals surface area contributed by atoms with Crippen molar-refractivity contribution in [2.45, 2.75) is 25.9 Å². The minimum Gasteiger partial charge on any atom is -0.497 e. The van der Waals surface area contributed by atoms with Crippen LogP contribution in [0.15, 0.2) is 48.5 Å². The van der Waals surface area contributed by atoms with E-state index >= 15 is 0 Å². The zero-order chi connectivity index (χ0) is 19.8. The molecule has 2 aromatic rings. The summed E-state index contributed by atoms with van der Waals surface area (Å²) in [5.74, 6) is 0.123. The van der Waals surface area contributed by atoms with Crippen LogP contribution in [0.1, 0.15) is 35.7 Å². The van der Waals surface area contributed by atoms with E-state index in [0.717, 1.165) is 5.56 Å². The van der Waals surface area contributed by atoms with E-state index < -0.39 is 12.1 Å². The molecule has 0 radical (unpaired) electrons. The molecule has 0 saturated heterocycles. The molecule has 0 heterocycles. The normalized spacial score (nSPS) is 12.6. The molecule has 0 aliphatic rings. The standard InChI is InChI=1S/C21H25NO5/c1-14(16-8-6-5-7-9-16)13-22-20(23)15(2)27-21(24)17-10-18(25-3)12-19(11-17)26-4/h5-12,14-15H,13H2,1-4H3,(H,22,23)/t14-,15+/m0/s1. The van der Waals surface area contributed by atoms with E-state index in [-0.39, 0.29) is 17.4 Å². The molecular weight excluding hydrogens is 346 g/mol. The van der Waals surface area contributed by atoms with E-state index in [1.54, 1.807) is 6.07 Å². The lowest BCUT2D eigenvalue weighted by Crippen LogP contribution is -2.37. The van der Waals surface area contributed by atoms with Crippen LogP contribution in [0.25, 0.3) is 0 Å². The first kappa shape index (κ1) is 20.3. The smallest absolute Gasteiger partial charge is 0.339 e. The lowest BCUT2D eigenvalue weighted by atomic mass is 10.0. The molecule has 0 aliphatic heterocycles. The molecule has 27 heavy (non-hydrogen) atoms. The van der Waals surface area contributed by atoms with Gasteiger partial charge in [-0.25, -0.2) is 4.79 Å². The number of amides is 1. The van der Waals surface area contributed by atoms with Crippen LogP contribution in [0.4, 0.5) is 0 Å². The highest BCUT2D eigenvalue weighted by Crippen LogP contribution is 2.23. The van der Waals surface area contributed by atoms with Gasteiger partial charge in [-0.3, -0.25) is 4.79 Å². The van der Waals surface area contributed by atoms with Crippen molar-refractivity contribution in [3.05, 3.63) is 59.7 Å². The number of rotatable bonds is 8. The molecule has 1 amide bonds. The van der Waals surface area contributed by atoms with Crippen LogP contribution in [-0.2, 0) is 9.53 Å². The van der Waals surface area contributed by atoms with Gasteiger partial charge in [0.15, 0.2) is 6.10 Å². The Kier molecular flexibility index (Phi) is 7.23. The molecule has 144 valence electrons. The highest BCUT2D eigenvalue weighted by molar-refractivity contribution is 5.93. The van der Waals surface area contributed by atoms with Crippen molar-refractivity contribution in [2.24, 2.45) is 0 Å². The van der Waals surface area contributed by atoms with Crippen LogP contribution in [0.2, 0.25) is 0 Å². The molecular formula is C21H25NO5. The number of carbonyl (C=O) groups is 2. The lowest BCUT2D eigenvalue weighted by molar-refractivity contribution is -0.129. The fourth-order valence-corrected chi connectivity index (χ4v) is 2.50. The largest absolute Gasteiger partial charge is 0.497 e. The van der Waals surface area contributed by atoms with E-state index in [0.29, 0.717) is 18.0 Å². The average Bonchev–Trinajstić information content (AvgIpc) is 2.71. The Balaban J connectivity index is 1.92. The predicted octanol–water partition coefficient (Wildman–Crippen LogP) is 3.17. The Bertz CT molecular complexity index is 753. The summed E-state index contributed by atoms with van der Waals surface area (Å²) in [4.78, 5) is 24.6. The first-order valence-corrected chi connectivity index (χ1v) is 8.71. The molecule has 2 aromatic carbocycles. The van der Waals surface area contributed by atoms with Gasteiger partial charge in [-0.15, -0.1) is 0 Å². The fraction of sp³-hybridized carbons (Fsp3) is 0.333. The van der Waals surface area contributed by atoms with Gasteiger partial charge in [0.1, 0.15) is 11.5 Å². The van der Waals surface area contributed by atoms with Crippen LogP contribution in [0.3, 0.4) is 0 Å². The third kappa shape index (κ3) is 5.74. The van der Waals surface area contributed by atoms with Gasteiger partial charge < -0.3 is 19.5 Å². The van der Waals surface area contributed by atoms with Gasteiger partial charge in [0, 0.05) is 12.6 Å². The molecule has 0 unspecified atom stereocenters. The fourth-order valence-electron chi connectivity index (χ4n) is 2.50. The summed E-state index contributed by atoms with van der Waals surface area (Å²) in [5.41, 5.74) is 1.38. The number of carbonyl (C=O) groups excluding carboxylic acids is 2. The summed E-state index contributed by atoms with van der Waals surface area (Å²) in [7, 11) is 2.99. The van der Waals surface area contributed by atoms with Crippen molar-refractivity contribution in [3.63, 3.8) is 0 Å². The predicted molar refractivity (Wildman–Crippen MR) is 102 cm³/mol. The first-order chi connectivity index (χ1) is 12.9. The van der Waals surface area contributed by atoms with E-state index in [2.05, 4.69) is 5.32 Å². The van der Waals surface area contributed by atoms with Gasteiger partial charge in [-0.05, 0) is 30.5 Å². The third-order valence-electron chi connectivity index (χ3n) is 4.19. The molecule has 0 fully saturated rings. The second-order valence-corrected chi connectivity index (χ2v) is 6.21. The summed E-state index contributed by atoms with van der Waals surface area (Å²) in [6.45, 7) is 4.02. The Morgan fingerprint density at radius 1 is 0.963 bits per heavy atom. The molecule has 0 bridgehead atoms. The van der Waals surface area contributed by atoms with Gasteiger partial charge in [-0.1, -0.05) is 37.3 Å². The van der Waals surface area contributed by atoms with Gasteiger partial charge in [-0.2, -0.15) is 0 Å². The Labute approximate surface area is 159 Å². The van der Waals surface area contributed by atoms with Gasteiger partial charge in [0.25, 0.3) is 5.91 Å². The van der Waals surface area contributed by atoms with Crippen LogP contribution in [0, 0.1) is 0 Å². The minimum atomic E-state index is -0.919. The van der Waals surface area contributed by atoms with Crippen molar-refractivity contribution >= 4 is 11.9 Å². The highest BCUT2D eigenvalue weighted by atomic mass is 16.5. The summed E-state index contributed by atoms with van der Waals surface area (Å²) in [5, 5.41) is 2.82. The SMILES string of the molecule is COc1cc(OC)cc(C(=O)O[C@H](C)C(=O)NC[C@H](C)c2ccccc2)c1.